The minimum atomic E-state index is -0.497. The molecular formula is C20H15N5O4S2. The molecule has 0 unspecified atom stereocenters. The van der Waals surface area contributed by atoms with Gasteiger partial charge in [0, 0.05) is 28.6 Å². The first-order valence-electron chi connectivity index (χ1n) is 9.01. The van der Waals surface area contributed by atoms with Gasteiger partial charge in [0.25, 0.3) is 10.9 Å². The quantitative estimate of drug-likeness (QED) is 0.240. The number of carbonyl (C=O) groups is 1. The highest BCUT2D eigenvalue weighted by Gasteiger charge is 2.15. The average Bonchev–Trinajstić information content (AvgIpc) is 3.43. The van der Waals surface area contributed by atoms with Gasteiger partial charge in [0.2, 0.25) is 11.8 Å². The SMILES string of the molecule is Cc1ccc(-c2csc(NC(=O)CSc3nnc(-c4cccc([N+](=O)[O-])c4)o3)n2)cc1. The van der Waals surface area contributed by atoms with Gasteiger partial charge in [-0.05, 0) is 13.0 Å². The number of anilines is 1. The molecule has 2 aromatic carbocycles. The monoisotopic (exact) mass is 453 g/mol. The summed E-state index contributed by atoms with van der Waals surface area (Å²) >= 11 is 2.41. The second-order valence-electron chi connectivity index (χ2n) is 6.42. The van der Waals surface area contributed by atoms with Gasteiger partial charge in [-0.25, -0.2) is 4.98 Å². The van der Waals surface area contributed by atoms with Gasteiger partial charge < -0.3 is 9.73 Å². The molecule has 4 rings (SSSR count). The third kappa shape index (κ3) is 5.13. The Bertz CT molecular complexity index is 1240. The highest BCUT2D eigenvalue weighted by Crippen LogP contribution is 2.27. The zero-order chi connectivity index (χ0) is 21.8. The Morgan fingerprint density at radius 1 is 1.19 bits per heavy atom. The third-order valence-corrected chi connectivity index (χ3v) is 5.71. The average molecular weight is 454 g/mol. The number of aryl methyl sites for hydroxylation is 1. The van der Waals surface area contributed by atoms with Crippen LogP contribution < -0.4 is 5.32 Å². The van der Waals surface area contributed by atoms with Crippen LogP contribution in [-0.2, 0) is 4.79 Å². The number of rotatable bonds is 7. The first kappa shape index (κ1) is 20.7. The lowest BCUT2D eigenvalue weighted by Crippen LogP contribution is -2.13. The van der Waals surface area contributed by atoms with Crippen LogP contribution in [0.5, 0.6) is 0 Å². The van der Waals surface area contributed by atoms with Gasteiger partial charge in [-0.1, -0.05) is 47.7 Å². The smallest absolute Gasteiger partial charge is 0.277 e. The van der Waals surface area contributed by atoms with Crippen molar-refractivity contribution in [2.24, 2.45) is 0 Å². The number of nitrogens with one attached hydrogen (secondary N) is 1. The summed E-state index contributed by atoms with van der Waals surface area (Å²) in [7, 11) is 0. The van der Waals surface area contributed by atoms with Crippen molar-refractivity contribution >= 4 is 39.8 Å². The van der Waals surface area contributed by atoms with Gasteiger partial charge in [-0.15, -0.1) is 21.5 Å². The summed E-state index contributed by atoms with van der Waals surface area (Å²) in [6, 6.07) is 13.9. The molecule has 0 saturated heterocycles. The van der Waals surface area contributed by atoms with E-state index >= 15 is 0 Å². The van der Waals surface area contributed by atoms with E-state index < -0.39 is 4.92 Å². The molecule has 0 spiro atoms. The number of nitro groups is 1. The van der Waals surface area contributed by atoms with Crippen molar-refractivity contribution in [3.63, 3.8) is 0 Å². The van der Waals surface area contributed by atoms with E-state index in [-0.39, 0.29) is 28.5 Å². The summed E-state index contributed by atoms with van der Waals surface area (Å²) in [6.07, 6.45) is 0. The number of thioether (sulfide) groups is 1. The second kappa shape index (κ2) is 9.06. The van der Waals surface area contributed by atoms with Crippen LogP contribution >= 0.6 is 23.1 Å². The maximum Gasteiger partial charge on any atom is 0.277 e. The van der Waals surface area contributed by atoms with E-state index in [1.54, 1.807) is 6.07 Å². The first-order chi connectivity index (χ1) is 15.0. The van der Waals surface area contributed by atoms with Gasteiger partial charge in [0.15, 0.2) is 5.13 Å². The lowest BCUT2D eigenvalue weighted by Gasteiger charge is -2.00. The molecule has 0 aliphatic rings. The van der Waals surface area contributed by atoms with Gasteiger partial charge >= 0.3 is 0 Å². The molecule has 0 aliphatic heterocycles. The van der Waals surface area contributed by atoms with Crippen LogP contribution in [-0.4, -0.2) is 31.8 Å². The molecule has 156 valence electrons. The van der Waals surface area contributed by atoms with Gasteiger partial charge in [0.1, 0.15) is 0 Å². The number of aromatic nitrogens is 3. The van der Waals surface area contributed by atoms with Crippen LogP contribution in [0.4, 0.5) is 10.8 Å². The predicted molar refractivity (Wildman–Crippen MR) is 118 cm³/mol. The Hall–Kier alpha value is -3.57. The largest absolute Gasteiger partial charge is 0.411 e. The van der Waals surface area contributed by atoms with Crippen LogP contribution in [0.2, 0.25) is 0 Å². The van der Waals surface area contributed by atoms with Crippen molar-refractivity contribution in [1.82, 2.24) is 15.2 Å². The maximum atomic E-state index is 12.2. The minimum Gasteiger partial charge on any atom is -0.411 e. The number of thiazole rings is 1. The van der Waals surface area contributed by atoms with Crippen molar-refractivity contribution in [2.75, 3.05) is 11.1 Å². The normalized spacial score (nSPS) is 10.7. The van der Waals surface area contributed by atoms with Crippen molar-refractivity contribution in [1.29, 1.82) is 0 Å². The summed E-state index contributed by atoms with van der Waals surface area (Å²) in [6.45, 7) is 2.02. The highest BCUT2D eigenvalue weighted by atomic mass is 32.2. The predicted octanol–water partition coefficient (Wildman–Crippen LogP) is 4.81. The zero-order valence-electron chi connectivity index (χ0n) is 16.1. The molecule has 31 heavy (non-hydrogen) atoms. The van der Waals surface area contributed by atoms with E-state index in [0.717, 1.165) is 23.0 Å². The molecule has 0 radical (unpaired) electrons. The minimum absolute atomic E-state index is 0.0516. The third-order valence-electron chi connectivity index (χ3n) is 4.13. The number of nitro benzene ring substituents is 1. The summed E-state index contributed by atoms with van der Waals surface area (Å²) in [5.74, 6) is -0.0603. The van der Waals surface area contributed by atoms with Crippen molar-refractivity contribution in [3.05, 3.63) is 69.6 Å². The molecule has 0 aliphatic carbocycles. The molecule has 4 aromatic rings. The van der Waals surface area contributed by atoms with Crippen LogP contribution in [0.1, 0.15) is 5.56 Å². The van der Waals surface area contributed by atoms with Crippen molar-refractivity contribution in [3.8, 4) is 22.7 Å². The number of amides is 1. The number of benzene rings is 2. The lowest BCUT2D eigenvalue weighted by atomic mass is 10.1. The fraction of sp³-hybridized carbons (Fsp3) is 0.100. The Morgan fingerprint density at radius 3 is 2.77 bits per heavy atom. The van der Waals surface area contributed by atoms with Gasteiger partial charge in [-0.2, -0.15) is 0 Å². The molecule has 0 fully saturated rings. The second-order valence-corrected chi connectivity index (χ2v) is 8.21. The Labute approximate surface area is 184 Å². The fourth-order valence-electron chi connectivity index (χ4n) is 2.61. The summed E-state index contributed by atoms with van der Waals surface area (Å²) in [5, 5.41) is 24.0. The van der Waals surface area contributed by atoms with E-state index in [4.69, 9.17) is 4.42 Å². The molecule has 0 bridgehead atoms. The van der Waals surface area contributed by atoms with E-state index in [9.17, 15) is 14.9 Å². The maximum absolute atomic E-state index is 12.2. The van der Waals surface area contributed by atoms with Crippen LogP contribution in [0.15, 0.2) is 63.6 Å². The Morgan fingerprint density at radius 2 is 2.00 bits per heavy atom. The van der Waals surface area contributed by atoms with Gasteiger partial charge in [-0.3, -0.25) is 14.9 Å². The molecule has 1 N–H and O–H groups in total. The first-order valence-corrected chi connectivity index (χ1v) is 10.9. The number of nitrogens with zero attached hydrogens (tertiary/aromatic N) is 4. The van der Waals surface area contributed by atoms with Crippen LogP contribution in [0.3, 0.4) is 0 Å². The van der Waals surface area contributed by atoms with Crippen LogP contribution in [0, 0.1) is 17.0 Å². The van der Waals surface area contributed by atoms with E-state index in [2.05, 4.69) is 20.5 Å². The summed E-state index contributed by atoms with van der Waals surface area (Å²) < 4.78 is 5.50. The molecule has 9 nitrogen and oxygen atoms in total. The number of hydrogen-bond acceptors (Lipinski definition) is 9. The number of hydrogen-bond donors (Lipinski definition) is 1. The molecule has 2 aromatic heterocycles. The molecular weight excluding hydrogens is 438 g/mol. The standard InChI is InChI=1S/C20H15N5O4S2/c1-12-5-7-13(8-6-12)16-10-30-19(21-16)22-17(26)11-31-20-24-23-18(29-20)14-3-2-4-15(9-14)25(27)28/h2-10H,11H2,1H3,(H,21,22,26). The zero-order valence-corrected chi connectivity index (χ0v) is 17.8. The summed E-state index contributed by atoms with van der Waals surface area (Å²) in [4.78, 5) is 27.1. The Balaban J connectivity index is 1.34. The van der Waals surface area contributed by atoms with Crippen molar-refractivity contribution in [2.45, 2.75) is 12.1 Å². The Kier molecular flexibility index (Phi) is 6.05. The molecule has 0 saturated carbocycles. The number of non-ortho nitro benzene ring substituents is 1. The highest BCUT2D eigenvalue weighted by molar-refractivity contribution is 7.99. The summed E-state index contributed by atoms with van der Waals surface area (Å²) in [5.41, 5.74) is 3.31. The van der Waals surface area contributed by atoms with Crippen molar-refractivity contribution < 1.29 is 14.1 Å². The topological polar surface area (TPSA) is 124 Å². The lowest BCUT2D eigenvalue weighted by molar-refractivity contribution is -0.384. The van der Waals surface area contributed by atoms with Crippen LogP contribution in [0.25, 0.3) is 22.7 Å². The molecule has 11 heteroatoms. The van der Waals surface area contributed by atoms with E-state index in [1.807, 2.05) is 36.6 Å². The van der Waals surface area contributed by atoms with E-state index in [0.29, 0.717) is 10.7 Å². The molecule has 2 heterocycles. The van der Waals surface area contributed by atoms with Gasteiger partial charge in [0.05, 0.1) is 16.4 Å². The fourth-order valence-corrected chi connectivity index (χ4v) is 3.91. The molecule has 1 amide bonds. The van der Waals surface area contributed by atoms with E-state index in [1.165, 1.54) is 35.1 Å². The molecule has 0 atom stereocenters. The number of carbonyl (C=O) groups excluding carboxylic acids is 1.